The average Bonchev–Trinajstić information content (AvgIpc) is 3.74. The second-order valence-electron chi connectivity index (χ2n) is 17.1. The van der Waals surface area contributed by atoms with Crippen molar-refractivity contribution in [3.63, 3.8) is 0 Å². The summed E-state index contributed by atoms with van der Waals surface area (Å²) in [6.07, 6.45) is 20.1. The predicted octanol–water partition coefficient (Wildman–Crippen LogP) is 15.3. The van der Waals surface area contributed by atoms with Gasteiger partial charge in [-0.1, -0.05) is 163 Å². The van der Waals surface area contributed by atoms with Crippen LogP contribution in [0.4, 0.5) is 22.7 Å². The monoisotopic (exact) mass is 768 g/mol. The zero-order chi connectivity index (χ0) is 40.7. The van der Waals surface area contributed by atoms with E-state index in [4.69, 9.17) is 0 Å². The summed E-state index contributed by atoms with van der Waals surface area (Å²) >= 11 is 0. The third-order valence-electron chi connectivity index (χ3n) is 12.7. The van der Waals surface area contributed by atoms with E-state index in [1.165, 1.54) is 84.1 Å². The molecule has 2 atom stereocenters. The Bertz CT molecular complexity index is 2630. The minimum absolute atomic E-state index is 0.0115. The van der Waals surface area contributed by atoms with Gasteiger partial charge in [0.15, 0.2) is 0 Å². The molecule has 0 aliphatic heterocycles. The summed E-state index contributed by atoms with van der Waals surface area (Å²) in [5.41, 5.74) is 19.0. The number of para-hydroxylation sites is 2. The van der Waals surface area contributed by atoms with E-state index in [1.807, 2.05) is 13.8 Å². The van der Waals surface area contributed by atoms with Gasteiger partial charge in [0.1, 0.15) is 0 Å². The zero-order valence-electron chi connectivity index (χ0n) is 35.5. The molecule has 0 amide bonds. The van der Waals surface area contributed by atoms with E-state index in [0.717, 1.165) is 25.7 Å². The number of benzene rings is 6. The number of hydrogen-bond donors (Lipinski definition) is 0. The van der Waals surface area contributed by atoms with Gasteiger partial charge in [0.2, 0.25) is 0 Å². The van der Waals surface area contributed by atoms with Gasteiger partial charge in [0.25, 0.3) is 0 Å². The second kappa shape index (κ2) is 15.6. The Kier molecular flexibility index (Phi) is 10.1. The lowest BCUT2D eigenvalue weighted by Gasteiger charge is -2.36. The summed E-state index contributed by atoms with van der Waals surface area (Å²) in [5, 5.41) is 0. The molecule has 0 heterocycles. The summed E-state index contributed by atoms with van der Waals surface area (Å²) in [6, 6.07) is 51.4. The van der Waals surface area contributed by atoms with Crippen LogP contribution in [0.2, 0.25) is 0 Å². The molecule has 294 valence electrons. The van der Waals surface area contributed by atoms with E-state index in [1.54, 1.807) is 0 Å². The highest BCUT2D eigenvalue weighted by Gasteiger charge is 2.52. The van der Waals surface area contributed by atoms with E-state index in [-0.39, 0.29) is 11.5 Å². The van der Waals surface area contributed by atoms with Crippen LogP contribution in [-0.4, -0.2) is 6.04 Å². The Labute approximate surface area is 352 Å². The average molecular weight is 769 g/mol. The Hall–Kier alpha value is -6.12. The lowest BCUT2D eigenvalue weighted by molar-refractivity contribution is 0.588. The molecule has 0 radical (unpaired) electrons. The highest BCUT2D eigenvalue weighted by Crippen LogP contribution is 2.64. The molecule has 10 rings (SSSR count). The first kappa shape index (κ1) is 38.4. The first-order chi connectivity index (χ1) is 28.9. The molecule has 0 saturated heterocycles. The van der Waals surface area contributed by atoms with Crippen LogP contribution in [0.1, 0.15) is 94.2 Å². The quantitative estimate of drug-likeness (QED) is 0.159. The van der Waals surface area contributed by atoms with Crippen molar-refractivity contribution >= 4 is 22.7 Å². The lowest BCUT2D eigenvalue weighted by atomic mass is 9.69. The molecule has 2 unspecified atom stereocenters. The summed E-state index contributed by atoms with van der Waals surface area (Å²) < 4.78 is 0. The van der Waals surface area contributed by atoms with Gasteiger partial charge in [-0.2, -0.15) is 0 Å². The number of fused-ring (bicyclic) bond motifs is 10. The number of aryl methyl sites for hydroxylation is 1. The first-order valence-electron chi connectivity index (χ1n) is 21.8. The molecule has 6 aromatic rings. The molecule has 6 aromatic carbocycles. The van der Waals surface area contributed by atoms with Crippen LogP contribution in [-0.2, 0) is 17.3 Å². The van der Waals surface area contributed by atoms with Crippen LogP contribution in [0.5, 0.6) is 0 Å². The molecule has 0 aromatic heterocycles. The smallest absolute Gasteiger partial charge is 0.0727 e. The Morgan fingerprint density at radius 1 is 0.576 bits per heavy atom. The fourth-order valence-corrected chi connectivity index (χ4v) is 9.90. The predicted molar refractivity (Wildman–Crippen MR) is 252 cm³/mol. The molecule has 4 aliphatic carbocycles. The third-order valence-corrected chi connectivity index (χ3v) is 12.7. The molecular weight excluding hydrogens is 713 g/mol. The van der Waals surface area contributed by atoms with Crippen molar-refractivity contribution in [2.45, 2.75) is 84.1 Å². The zero-order valence-corrected chi connectivity index (χ0v) is 35.5. The summed E-state index contributed by atoms with van der Waals surface area (Å²) in [5.74, 6) is 0. The van der Waals surface area contributed by atoms with Crippen molar-refractivity contribution in [1.82, 2.24) is 0 Å². The number of anilines is 4. The lowest BCUT2D eigenvalue weighted by Crippen LogP contribution is -2.31. The van der Waals surface area contributed by atoms with E-state index < -0.39 is 5.41 Å². The number of rotatable bonds is 7. The molecule has 0 N–H and O–H groups in total. The van der Waals surface area contributed by atoms with Crippen LogP contribution >= 0.6 is 0 Å². The Morgan fingerprint density at radius 3 is 1.78 bits per heavy atom. The maximum atomic E-state index is 2.56. The van der Waals surface area contributed by atoms with E-state index >= 15 is 0 Å². The molecular formula is C57H56N2. The first-order valence-corrected chi connectivity index (χ1v) is 21.8. The van der Waals surface area contributed by atoms with Crippen molar-refractivity contribution in [2.75, 3.05) is 9.80 Å². The standard InChI is InChI=1S/C55H50N2.C2H6/c1-5-38-26-30-46-47-31-27-39(54(2,3)4)35-51(47)55(50(46)34-38)52-36-44(56(40-18-10-6-11-19-40)41-20-12-7-13-21-41)28-32-48(52)49-33-29-45(37-53(49)55)57(42-22-14-8-15-23-42)43-24-16-9-17-25-43;1-2/h6-8,10-16,18-20,22-37,41H,5,9,17,21H2,1-4H3;1-2H3. The van der Waals surface area contributed by atoms with Crippen LogP contribution < -0.4 is 9.80 Å². The van der Waals surface area contributed by atoms with E-state index in [2.05, 4.69) is 213 Å². The topological polar surface area (TPSA) is 6.48 Å². The normalized spacial score (nSPS) is 18.0. The fourth-order valence-electron chi connectivity index (χ4n) is 9.90. The molecule has 0 saturated carbocycles. The van der Waals surface area contributed by atoms with E-state index in [9.17, 15) is 0 Å². The minimum atomic E-state index is -0.516. The molecule has 0 bridgehead atoms. The number of nitrogens with zero attached hydrogens (tertiary/aromatic N) is 2. The summed E-state index contributed by atoms with van der Waals surface area (Å²) in [4.78, 5) is 5.01. The maximum Gasteiger partial charge on any atom is 0.0727 e. The highest BCUT2D eigenvalue weighted by molar-refractivity contribution is 5.97. The van der Waals surface area contributed by atoms with Crippen molar-refractivity contribution in [1.29, 1.82) is 0 Å². The van der Waals surface area contributed by atoms with Gasteiger partial charge in [-0.15, -0.1) is 0 Å². The van der Waals surface area contributed by atoms with E-state index in [0.29, 0.717) is 0 Å². The van der Waals surface area contributed by atoms with Crippen LogP contribution in [0.25, 0.3) is 22.3 Å². The largest absolute Gasteiger partial charge is 0.334 e. The van der Waals surface area contributed by atoms with Gasteiger partial charge in [-0.3, -0.25) is 0 Å². The SMILES string of the molecule is CC.CCc1ccc2c(c1)C1(c3cc(N(C4=CCCC=C4)c4ccccc4)ccc3-c3ccc(N(c4ccccc4)C4C=CC=CC4)cc31)c1cc(C(C)(C)C)ccc1-2. The maximum absolute atomic E-state index is 2.56. The van der Waals surface area contributed by atoms with Gasteiger partial charge in [0, 0.05) is 28.4 Å². The van der Waals surface area contributed by atoms with Gasteiger partial charge in [-0.25, -0.2) is 0 Å². The molecule has 0 fully saturated rings. The fraction of sp³-hybridized carbons (Fsp3) is 0.228. The van der Waals surface area contributed by atoms with Gasteiger partial charge >= 0.3 is 0 Å². The second-order valence-corrected chi connectivity index (χ2v) is 17.1. The van der Waals surface area contributed by atoms with Crippen molar-refractivity contribution in [2.24, 2.45) is 0 Å². The van der Waals surface area contributed by atoms with Crippen LogP contribution in [0.15, 0.2) is 182 Å². The van der Waals surface area contributed by atoms with Crippen molar-refractivity contribution in [3.8, 4) is 22.3 Å². The Balaban J connectivity index is 0.00000221. The third kappa shape index (κ3) is 6.41. The van der Waals surface area contributed by atoms with Crippen LogP contribution in [0.3, 0.4) is 0 Å². The molecule has 2 heteroatoms. The minimum Gasteiger partial charge on any atom is -0.334 e. The molecule has 2 nitrogen and oxygen atoms in total. The Morgan fingerprint density at radius 2 is 1.17 bits per heavy atom. The van der Waals surface area contributed by atoms with Gasteiger partial charge in [-0.05, 0) is 141 Å². The highest BCUT2D eigenvalue weighted by atomic mass is 15.2. The van der Waals surface area contributed by atoms with Crippen molar-refractivity contribution < 1.29 is 0 Å². The van der Waals surface area contributed by atoms with Gasteiger partial charge < -0.3 is 9.80 Å². The summed E-state index contributed by atoms with van der Waals surface area (Å²) in [6.45, 7) is 13.3. The number of hydrogen-bond acceptors (Lipinski definition) is 2. The number of allylic oxidation sites excluding steroid dienone is 5. The molecule has 4 aliphatic rings. The summed E-state index contributed by atoms with van der Waals surface area (Å²) in [7, 11) is 0. The molecule has 59 heavy (non-hydrogen) atoms. The van der Waals surface area contributed by atoms with Gasteiger partial charge in [0.05, 0.1) is 11.5 Å². The molecule has 1 spiro atoms. The van der Waals surface area contributed by atoms with Crippen molar-refractivity contribution in [3.05, 3.63) is 215 Å². The van der Waals surface area contributed by atoms with Crippen LogP contribution in [0, 0.1) is 0 Å².